The topological polar surface area (TPSA) is 217 Å². The summed E-state index contributed by atoms with van der Waals surface area (Å²) in [5, 5.41) is 67.3. The number of phenolic OH excluding ortho intramolecular Hbond substituents is 2. The highest BCUT2D eigenvalue weighted by atomic mass is 16.7. The predicted molar refractivity (Wildman–Crippen MR) is 181 cm³/mol. The number of hydrogen-bond donors (Lipinski definition) is 6. The largest absolute Gasteiger partial charge is 0.507 e. The Morgan fingerprint density at radius 2 is 1.66 bits per heavy atom. The number of aromatic hydroxyl groups is 2. The van der Waals surface area contributed by atoms with E-state index >= 15 is 0 Å². The van der Waals surface area contributed by atoms with E-state index in [0.29, 0.717) is 18.6 Å². The molecule has 6 rings (SSSR count). The molecule has 6 atom stereocenters. The summed E-state index contributed by atoms with van der Waals surface area (Å²) >= 11 is 0. The van der Waals surface area contributed by atoms with E-state index in [4.69, 9.17) is 19.9 Å². The minimum Gasteiger partial charge on any atom is -0.507 e. The molecule has 14 nitrogen and oxygen atoms in total. The number of aliphatic hydroxyl groups is 2. The predicted octanol–water partition coefficient (Wildman–Crippen LogP) is 3.30. The van der Waals surface area contributed by atoms with Gasteiger partial charge in [0.2, 0.25) is 5.78 Å². The van der Waals surface area contributed by atoms with Gasteiger partial charge in [0.25, 0.3) is 0 Å². The van der Waals surface area contributed by atoms with Crippen LogP contribution < -0.4 is 10.5 Å². The number of hydroxylamine groups is 2. The molecule has 0 bridgehead atoms. The van der Waals surface area contributed by atoms with E-state index in [1.807, 2.05) is 27.7 Å². The zero-order valence-electron chi connectivity index (χ0n) is 29.4. The van der Waals surface area contributed by atoms with Crippen LogP contribution in [0.15, 0.2) is 28.4 Å². The second kappa shape index (κ2) is 12.5. The van der Waals surface area contributed by atoms with Crippen molar-refractivity contribution in [1.82, 2.24) is 5.06 Å². The molecule has 2 aromatic carbocycles. The summed E-state index contributed by atoms with van der Waals surface area (Å²) in [6.07, 6.45) is -3.44. The van der Waals surface area contributed by atoms with Gasteiger partial charge in [-0.05, 0) is 47.6 Å². The molecular weight excluding hydrogens is 648 g/mol. The van der Waals surface area contributed by atoms with Gasteiger partial charge in [-0.25, -0.2) is 0 Å². The fourth-order valence-corrected chi connectivity index (χ4v) is 8.01. The fraction of sp³-hybridized carbons (Fsp3) is 0.556. The first-order chi connectivity index (χ1) is 23.3. The van der Waals surface area contributed by atoms with Gasteiger partial charge < -0.3 is 45.6 Å². The lowest BCUT2D eigenvalue weighted by Gasteiger charge is -2.48. The first-order valence-electron chi connectivity index (χ1n) is 16.7. The number of fused-ring (bicyclic) bond motifs is 3. The molecule has 2 aliphatic heterocycles. The third kappa shape index (κ3) is 5.82. The summed E-state index contributed by atoms with van der Waals surface area (Å²) in [5.41, 5.74) is 3.18. The monoisotopic (exact) mass is 694 g/mol. The van der Waals surface area contributed by atoms with Crippen molar-refractivity contribution in [3.63, 3.8) is 0 Å². The van der Waals surface area contributed by atoms with Crippen molar-refractivity contribution < 1.29 is 49.4 Å². The first kappa shape index (κ1) is 36.0. The lowest BCUT2D eigenvalue weighted by molar-refractivity contribution is -0.245. The number of rotatable bonds is 5. The number of ether oxygens (including phenoxy) is 3. The van der Waals surface area contributed by atoms with E-state index in [1.54, 1.807) is 19.9 Å². The van der Waals surface area contributed by atoms with Crippen molar-refractivity contribution >= 4 is 23.0 Å². The van der Waals surface area contributed by atoms with Gasteiger partial charge >= 0.3 is 0 Å². The molecule has 270 valence electrons. The summed E-state index contributed by atoms with van der Waals surface area (Å²) in [5.74, 6) is -2.43. The number of phenols is 2. The molecule has 0 saturated carbocycles. The first-order valence-corrected chi connectivity index (χ1v) is 16.7. The van der Waals surface area contributed by atoms with E-state index < -0.39 is 81.5 Å². The Labute approximate surface area is 290 Å². The fourth-order valence-electron chi connectivity index (χ4n) is 8.01. The molecule has 2 aliphatic carbocycles. The van der Waals surface area contributed by atoms with Crippen molar-refractivity contribution in [3.8, 4) is 17.2 Å². The summed E-state index contributed by atoms with van der Waals surface area (Å²) < 4.78 is 17.6. The maximum Gasteiger partial charge on any atom is 0.202 e. The molecule has 0 unspecified atom stereocenters. The Balaban J connectivity index is 1.46. The van der Waals surface area contributed by atoms with Gasteiger partial charge in [-0.2, -0.15) is 15.3 Å². The average molecular weight is 695 g/mol. The molecule has 2 fully saturated rings. The lowest BCUT2D eigenvalue weighted by Crippen LogP contribution is -2.59. The number of methoxy groups -OCH3 is 1. The third-order valence-corrected chi connectivity index (χ3v) is 10.6. The second-order valence-electron chi connectivity index (χ2n) is 15.2. The standard InChI is InChI=1S/C36H46N4O10/c1-16-29(41)21(37)11-24(49-16)50-23-15-36(46,17(2)38-39-18-12-34(3,4)40(47)35(5,6)13-18)14-20-26(23)33(45)28-27(31(20)43)30(42)19-9-8-10-22(48-7)25(19)32(28)44/h8-10,16,21,23-24,29,41,43,45-47H,11-15,37H2,1-7H3/b38-17-/t16-,21+,23+,24+,29-,36+/m1/s1. The minimum absolute atomic E-state index is 0.000790. The molecule has 0 spiro atoms. The van der Waals surface area contributed by atoms with Crippen LogP contribution in [0.5, 0.6) is 17.2 Å². The lowest BCUT2D eigenvalue weighted by atomic mass is 9.71. The average Bonchev–Trinajstić information content (AvgIpc) is 3.04. The van der Waals surface area contributed by atoms with Crippen LogP contribution in [0.1, 0.15) is 116 Å². The van der Waals surface area contributed by atoms with Crippen LogP contribution in [0.2, 0.25) is 0 Å². The van der Waals surface area contributed by atoms with Crippen LogP contribution in [0.4, 0.5) is 0 Å². The number of nitrogens with zero attached hydrogens (tertiary/aromatic N) is 3. The number of carbonyl (C=O) groups is 2. The summed E-state index contributed by atoms with van der Waals surface area (Å²) in [6.45, 7) is 10.8. The molecule has 0 amide bonds. The third-order valence-electron chi connectivity index (χ3n) is 10.6. The zero-order chi connectivity index (χ0) is 36.7. The highest BCUT2D eigenvalue weighted by Gasteiger charge is 2.49. The molecular formula is C36H46N4O10. The SMILES string of the molecule is COc1cccc2c1C(=O)c1c(O)c3c(c(O)c1C2=O)C[C@@](O)(/C(C)=N\N=C1CC(C)(C)N(O)C(C)(C)C1)C[C@@H]3O[C@H]1C[C@H](N)[C@H](O)[C@@H](C)O1. The summed E-state index contributed by atoms with van der Waals surface area (Å²) in [6, 6.07) is 3.82. The Bertz CT molecular complexity index is 1790. The number of hydrogen-bond acceptors (Lipinski definition) is 14. The van der Waals surface area contributed by atoms with Gasteiger partial charge in [-0.1, -0.05) is 12.1 Å². The molecule has 4 aliphatic rings. The highest BCUT2D eigenvalue weighted by Crippen LogP contribution is 2.52. The summed E-state index contributed by atoms with van der Waals surface area (Å²) in [7, 11) is 1.36. The molecule has 2 heterocycles. The van der Waals surface area contributed by atoms with Crippen LogP contribution in [-0.4, -0.2) is 102 Å². The van der Waals surface area contributed by atoms with E-state index in [-0.39, 0.29) is 53.0 Å². The number of carbonyl (C=O) groups excluding carboxylic acids is 2. The molecule has 7 N–H and O–H groups in total. The van der Waals surface area contributed by atoms with Crippen LogP contribution in [-0.2, 0) is 15.9 Å². The Kier molecular flexibility index (Phi) is 8.99. The molecule has 14 heteroatoms. The Morgan fingerprint density at radius 3 is 2.28 bits per heavy atom. The zero-order valence-corrected chi connectivity index (χ0v) is 29.4. The van der Waals surface area contributed by atoms with Gasteiger partial charge in [-0.3, -0.25) is 9.59 Å². The highest BCUT2D eigenvalue weighted by molar-refractivity contribution is 6.31. The van der Waals surface area contributed by atoms with E-state index in [0.717, 1.165) is 0 Å². The van der Waals surface area contributed by atoms with Gasteiger partial charge in [-0.15, -0.1) is 0 Å². The van der Waals surface area contributed by atoms with Crippen molar-refractivity contribution in [2.45, 2.75) is 121 Å². The number of ketones is 2. The number of aliphatic hydroxyl groups excluding tert-OH is 1. The van der Waals surface area contributed by atoms with Crippen molar-refractivity contribution in [1.29, 1.82) is 0 Å². The second-order valence-corrected chi connectivity index (χ2v) is 15.2. The van der Waals surface area contributed by atoms with E-state index in [9.17, 15) is 35.2 Å². The molecule has 2 saturated heterocycles. The maximum atomic E-state index is 14.0. The normalized spacial score (nSPS) is 30.7. The van der Waals surface area contributed by atoms with Crippen molar-refractivity contribution in [2.24, 2.45) is 15.9 Å². The Hall–Kier alpha value is -3.76. The van der Waals surface area contributed by atoms with Gasteiger partial charge in [0, 0.05) is 71.6 Å². The van der Waals surface area contributed by atoms with Crippen LogP contribution in [0.25, 0.3) is 0 Å². The molecule has 2 aromatic rings. The van der Waals surface area contributed by atoms with Crippen molar-refractivity contribution in [3.05, 3.63) is 51.6 Å². The summed E-state index contributed by atoms with van der Waals surface area (Å²) in [4.78, 5) is 27.9. The maximum absolute atomic E-state index is 14.0. The molecule has 0 radical (unpaired) electrons. The smallest absolute Gasteiger partial charge is 0.202 e. The van der Waals surface area contributed by atoms with E-state index in [1.165, 1.54) is 24.3 Å². The van der Waals surface area contributed by atoms with E-state index in [2.05, 4.69) is 10.2 Å². The number of nitrogens with two attached hydrogens (primary N) is 1. The van der Waals surface area contributed by atoms with Gasteiger partial charge in [0.05, 0.1) is 47.8 Å². The number of piperidine rings is 1. The molecule has 50 heavy (non-hydrogen) atoms. The van der Waals surface area contributed by atoms with Gasteiger partial charge in [0.1, 0.15) is 22.8 Å². The van der Waals surface area contributed by atoms with Crippen LogP contribution in [0, 0.1) is 0 Å². The quantitative estimate of drug-likeness (QED) is 0.129. The van der Waals surface area contributed by atoms with Crippen LogP contribution in [0.3, 0.4) is 0 Å². The molecule has 0 aromatic heterocycles. The number of benzene rings is 2. The van der Waals surface area contributed by atoms with Crippen molar-refractivity contribution in [2.75, 3.05) is 7.11 Å². The van der Waals surface area contributed by atoms with Gasteiger partial charge in [0.15, 0.2) is 12.1 Å². The Morgan fingerprint density at radius 1 is 1.02 bits per heavy atom. The minimum atomic E-state index is -1.81. The van der Waals surface area contributed by atoms with Crippen LogP contribution >= 0.6 is 0 Å².